The Bertz CT molecular complexity index is 1290. The van der Waals surface area contributed by atoms with Crippen LogP contribution in [-0.2, 0) is 4.79 Å². The lowest BCUT2D eigenvalue weighted by atomic mass is 9.82. The molecular weight excluding hydrogens is 423 g/mol. The molecule has 32 heavy (non-hydrogen) atoms. The van der Waals surface area contributed by atoms with Gasteiger partial charge < -0.3 is 14.8 Å². The van der Waals surface area contributed by atoms with Gasteiger partial charge in [0, 0.05) is 30.0 Å². The summed E-state index contributed by atoms with van der Waals surface area (Å²) in [4.78, 5) is 22.0. The number of hydrogen-bond donors (Lipinski definition) is 2. The molecule has 162 valence electrons. The van der Waals surface area contributed by atoms with E-state index in [0.717, 1.165) is 12.1 Å². The third kappa shape index (κ3) is 3.66. The van der Waals surface area contributed by atoms with E-state index >= 15 is 0 Å². The number of carbonyl (C=O) groups is 1. The lowest BCUT2D eigenvalue weighted by Gasteiger charge is -2.31. The van der Waals surface area contributed by atoms with Crippen molar-refractivity contribution in [3.63, 3.8) is 0 Å². The highest BCUT2D eigenvalue weighted by Crippen LogP contribution is 2.32. The number of aromatic nitrogens is 3. The number of pyridine rings is 1. The van der Waals surface area contributed by atoms with Gasteiger partial charge in [0.15, 0.2) is 11.6 Å². The number of imidazole rings is 1. The lowest BCUT2D eigenvalue weighted by Crippen LogP contribution is -2.38. The van der Waals surface area contributed by atoms with E-state index in [0.29, 0.717) is 29.8 Å². The van der Waals surface area contributed by atoms with Gasteiger partial charge in [-0.1, -0.05) is 6.07 Å². The molecule has 6 nitrogen and oxygen atoms in total. The van der Waals surface area contributed by atoms with Crippen molar-refractivity contribution in [3.8, 4) is 28.4 Å². The average molecular weight is 439 g/mol. The number of nitrogens with one attached hydrogen (secondary N) is 1. The quantitative estimate of drug-likeness (QED) is 0.459. The average Bonchev–Trinajstić information content (AvgIpc) is 3.13. The maximum absolute atomic E-state index is 14.8. The molecular formula is C23H16F3N3O3. The van der Waals surface area contributed by atoms with Gasteiger partial charge in [0.05, 0.1) is 22.5 Å². The number of halogens is 3. The number of H-pyrrole nitrogens is 1. The molecule has 0 amide bonds. The summed E-state index contributed by atoms with van der Waals surface area (Å²) in [6.07, 6.45) is 2.28. The first-order valence-electron chi connectivity index (χ1n) is 9.88. The zero-order chi connectivity index (χ0) is 22.4. The van der Waals surface area contributed by atoms with Crippen LogP contribution in [0.5, 0.6) is 5.88 Å². The summed E-state index contributed by atoms with van der Waals surface area (Å²) in [5.74, 6) is -3.24. The molecule has 2 N–H and O–H groups in total. The van der Waals surface area contributed by atoms with Crippen LogP contribution in [0, 0.1) is 23.4 Å². The topological polar surface area (TPSA) is 88.1 Å². The van der Waals surface area contributed by atoms with E-state index in [1.165, 1.54) is 12.1 Å². The van der Waals surface area contributed by atoms with Gasteiger partial charge in [-0.2, -0.15) is 0 Å². The molecule has 0 aliphatic heterocycles. The largest absolute Gasteiger partial charge is 0.481 e. The monoisotopic (exact) mass is 439 g/mol. The van der Waals surface area contributed by atoms with Crippen molar-refractivity contribution in [2.24, 2.45) is 5.92 Å². The summed E-state index contributed by atoms with van der Waals surface area (Å²) < 4.78 is 47.3. The number of nitrogens with zero attached hydrogens (tertiary/aromatic N) is 2. The van der Waals surface area contributed by atoms with Crippen LogP contribution >= 0.6 is 0 Å². The highest BCUT2D eigenvalue weighted by Gasteiger charge is 2.36. The van der Waals surface area contributed by atoms with Crippen molar-refractivity contribution >= 4 is 17.0 Å². The molecule has 2 aromatic heterocycles. The number of benzene rings is 2. The van der Waals surface area contributed by atoms with Crippen LogP contribution < -0.4 is 4.74 Å². The molecule has 0 bridgehead atoms. The Morgan fingerprint density at radius 3 is 2.44 bits per heavy atom. The summed E-state index contributed by atoms with van der Waals surface area (Å²) in [5.41, 5.74) is 1.87. The van der Waals surface area contributed by atoms with E-state index in [9.17, 15) is 18.0 Å². The van der Waals surface area contributed by atoms with Gasteiger partial charge in [0.2, 0.25) is 5.88 Å². The molecule has 5 rings (SSSR count). The Morgan fingerprint density at radius 1 is 1.00 bits per heavy atom. The summed E-state index contributed by atoms with van der Waals surface area (Å²) >= 11 is 0. The number of hydrogen-bond acceptors (Lipinski definition) is 4. The van der Waals surface area contributed by atoms with Crippen molar-refractivity contribution in [1.82, 2.24) is 15.0 Å². The van der Waals surface area contributed by atoms with Crippen LogP contribution in [0.1, 0.15) is 12.8 Å². The first-order valence-corrected chi connectivity index (χ1v) is 9.88. The number of aliphatic carboxylic acids is 1. The molecule has 0 radical (unpaired) electrons. The molecule has 1 saturated carbocycles. The van der Waals surface area contributed by atoms with Gasteiger partial charge in [-0.25, -0.2) is 23.1 Å². The fraction of sp³-hybridized carbons (Fsp3) is 0.174. The Morgan fingerprint density at radius 2 is 1.75 bits per heavy atom. The second-order valence-electron chi connectivity index (χ2n) is 7.70. The minimum absolute atomic E-state index is 0.163. The second-order valence-corrected chi connectivity index (χ2v) is 7.70. The fourth-order valence-electron chi connectivity index (χ4n) is 3.67. The van der Waals surface area contributed by atoms with Crippen molar-refractivity contribution in [2.45, 2.75) is 18.9 Å². The van der Waals surface area contributed by atoms with Crippen molar-refractivity contribution in [2.75, 3.05) is 0 Å². The predicted molar refractivity (Wildman–Crippen MR) is 109 cm³/mol. The van der Waals surface area contributed by atoms with Crippen LogP contribution in [0.3, 0.4) is 0 Å². The zero-order valence-electron chi connectivity index (χ0n) is 16.5. The van der Waals surface area contributed by atoms with Crippen LogP contribution in [0.15, 0.2) is 48.7 Å². The summed E-state index contributed by atoms with van der Waals surface area (Å²) in [5, 5.41) is 8.92. The van der Waals surface area contributed by atoms with Crippen LogP contribution in [0.4, 0.5) is 13.2 Å². The van der Waals surface area contributed by atoms with Gasteiger partial charge in [0.25, 0.3) is 0 Å². The number of aromatic amines is 1. The Hall–Kier alpha value is -3.88. The van der Waals surface area contributed by atoms with E-state index in [4.69, 9.17) is 9.84 Å². The van der Waals surface area contributed by atoms with E-state index in [-0.39, 0.29) is 34.4 Å². The molecule has 2 heterocycles. The van der Waals surface area contributed by atoms with Crippen molar-refractivity contribution in [3.05, 3.63) is 66.1 Å². The molecule has 1 aliphatic carbocycles. The fourth-order valence-corrected chi connectivity index (χ4v) is 3.67. The van der Waals surface area contributed by atoms with Crippen LogP contribution in [0.25, 0.3) is 33.5 Å². The Kier molecular flexibility index (Phi) is 4.80. The van der Waals surface area contributed by atoms with Crippen LogP contribution in [0.2, 0.25) is 0 Å². The van der Waals surface area contributed by atoms with E-state index < -0.39 is 23.4 Å². The Labute approximate surface area is 179 Å². The third-order valence-corrected chi connectivity index (χ3v) is 5.55. The smallest absolute Gasteiger partial charge is 0.306 e. The number of fused-ring (bicyclic) bond motifs is 1. The summed E-state index contributed by atoms with van der Waals surface area (Å²) in [7, 11) is 0. The number of ether oxygens (including phenoxy) is 1. The molecule has 9 heteroatoms. The Balaban J connectivity index is 1.34. The van der Waals surface area contributed by atoms with Gasteiger partial charge in [0.1, 0.15) is 17.7 Å². The molecule has 4 aromatic rings. The first kappa shape index (κ1) is 20.0. The standard InChI is InChI=1S/C23H16F3N3O3/c24-16-7-11(12-2-4-21(27-10-12)32-14-5-13(6-14)23(30)31)1-3-15(16)22-28-19-8-17(25)18(26)9-20(19)29-22/h1-4,7-10,13-14H,5-6H2,(H,28,29)(H,30,31). The molecule has 0 unspecified atom stereocenters. The van der Waals surface area contributed by atoms with Gasteiger partial charge in [-0.3, -0.25) is 4.79 Å². The highest BCUT2D eigenvalue weighted by molar-refractivity contribution is 5.80. The first-order chi connectivity index (χ1) is 15.4. The van der Waals surface area contributed by atoms with Gasteiger partial charge >= 0.3 is 5.97 Å². The highest BCUT2D eigenvalue weighted by atomic mass is 19.2. The van der Waals surface area contributed by atoms with Crippen molar-refractivity contribution in [1.29, 1.82) is 0 Å². The molecule has 2 aromatic carbocycles. The van der Waals surface area contributed by atoms with E-state index in [2.05, 4.69) is 15.0 Å². The molecule has 0 saturated heterocycles. The van der Waals surface area contributed by atoms with E-state index in [1.807, 2.05) is 0 Å². The predicted octanol–water partition coefficient (Wildman–Crippen LogP) is 4.95. The molecule has 0 atom stereocenters. The van der Waals surface area contributed by atoms with Crippen molar-refractivity contribution < 1.29 is 27.8 Å². The minimum Gasteiger partial charge on any atom is -0.481 e. The lowest BCUT2D eigenvalue weighted by molar-refractivity contribution is -0.148. The molecule has 1 aliphatic rings. The summed E-state index contributed by atoms with van der Waals surface area (Å²) in [6.45, 7) is 0. The normalized spacial score (nSPS) is 17.8. The summed E-state index contributed by atoms with van der Waals surface area (Å²) in [6, 6.07) is 9.86. The van der Waals surface area contributed by atoms with E-state index in [1.54, 1.807) is 24.4 Å². The number of carboxylic acids is 1. The SMILES string of the molecule is O=C(O)C1CC(Oc2ccc(-c3ccc(-c4nc5cc(F)c(F)cc5[nH]4)c(F)c3)cn2)C1. The number of carboxylic acid groups (broad SMARTS) is 1. The van der Waals surface area contributed by atoms with Gasteiger partial charge in [-0.15, -0.1) is 0 Å². The number of rotatable bonds is 5. The van der Waals surface area contributed by atoms with Gasteiger partial charge in [-0.05, 0) is 36.6 Å². The minimum atomic E-state index is -1.02. The maximum Gasteiger partial charge on any atom is 0.306 e. The molecule has 0 spiro atoms. The maximum atomic E-state index is 14.8. The molecule has 1 fully saturated rings. The zero-order valence-corrected chi connectivity index (χ0v) is 16.5. The second kappa shape index (κ2) is 7.67. The van der Waals surface area contributed by atoms with Crippen LogP contribution in [-0.4, -0.2) is 32.1 Å². The third-order valence-electron chi connectivity index (χ3n) is 5.55.